The van der Waals surface area contributed by atoms with E-state index in [1.807, 2.05) is 29.3 Å². The number of rotatable bonds is 8. The SMILES string of the molecule is CCNC(=NCC(c1cnn(C)c1)N(C)C)NC(C)Cc1ccc(C)s1. The first-order valence-corrected chi connectivity index (χ1v) is 9.95. The van der Waals surface area contributed by atoms with Gasteiger partial charge in [-0.25, -0.2) is 0 Å². The number of likely N-dealkylation sites (N-methyl/N-ethyl adjacent to an activating group) is 1. The summed E-state index contributed by atoms with van der Waals surface area (Å²) in [6.45, 7) is 7.97. The lowest BCUT2D eigenvalue weighted by Crippen LogP contribution is -2.43. The third kappa shape index (κ3) is 6.14. The quantitative estimate of drug-likeness (QED) is 0.549. The Morgan fingerprint density at radius 2 is 2.15 bits per heavy atom. The van der Waals surface area contributed by atoms with Crippen LogP contribution in [0.25, 0.3) is 0 Å². The van der Waals surface area contributed by atoms with Gasteiger partial charge in [0.05, 0.1) is 18.8 Å². The van der Waals surface area contributed by atoms with Crippen LogP contribution in [0.4, 0.5) is 0 Å². The Labute approximate surface area is 161 Å². The zero-order valence-corrected chi connectivity index (χ0v) is 17.6. The lowest BCUT2D eigenvalue weighted by atomic mass is 10.1. The number of aliphatic imine (C=N–C) groups is 1. The lowest BCUT2D eigenvalue weighted by molar-refractivity contribution is 0.306. The highest BCUT2D eigenvalue weighted by Crippen LogP contribution is 2.18. The smallest absolute Gasteiger partial charge is 0.191 e. The Morgan fingerprint density at radius 1 is 1.38 bits per heavy atom. The molecule has 0 radical (unpaired) electrons. The van der Waals surface area contributed by atoms with E-state index in [0.29, 0.717) is 12.6 Å². The van der Waals surface area contributed by atoms with E-state index in [2.05, 4.69) is 73.8 Å². The van der Waals surface area contributed by atoms with Crippen LogP contribution in [0, 0.1) is 6.92 Å². The molecule has 0 aliphatic carbocycles. The number of nitrogens with zero attached hydrogens (tertiary/aromatic N) is 4. The largest absolute Gasteiger partial charge is 0.357 e. The minimum atomic E-state index is 0.203. The molecule has 6 nitrogen and oxygen atoms in total. The number of hydrogen-bond donors (Lipinski definition) is 2. The molecule has 0 spiro atoms. The van der Waals surface area contributed by atoms with Crippen LogP contribution in [0.15, 0.2) is 29.5 Å². The second-order valence-electron chi connectivity index (χ2n) is 6.91. The molecule has 0 aliphatic rings. The maximum absolute atomic E-state index is 4.83. The Hall–Kier alpha value is -1.86. The van der Waals surface area contributed by atoms with Gasteiger partial charge in [-0.15, -0.1) is 11.3 Å². The van der Waals surface area contributed by atoms with Crippen LogP contribution in [0.5, 0.6) is 0 Å². The van der Waals surface area contributed by atoms with Gasteiger partial charge in [0, 0.05) is 47.6 Å². The van der Waals surface area contributed by atoms with Crippen LogP contribution >= 0.6 is 11.3 Å². The second kappa shape index (κ2) is 9.73. The molecule has 144 valence electrons. The van der Waals surface area contributed by atoms with Gasteiger partial charge in [0.25, 0.3) is 0 Å². The lowest BCUT2D eigenvalue weighted by Gasteiger charge is -2.23. The molecule has 0 amide bonds. The summed E-state index contributed by atoms with van der Waals surface area (Å²) in [4.78, 5) is 9.77. The maximum Gasteiger partial charge on any atom is 0.191 e. The Bertz CT molecular complexity index is 702. The Balaban J connectivity index is 2.01. The maximum atomic E-state index is 4.83. The average Bonchev–Trinajstić information content (AvgIpc) is 3.16. The third-order valence-corrected chi connectivity index (χ3v) is 5.21. The molecule has 26 heavy (non-hydrogen) atoms. The molecular weight excluding hydrogens is 344 g/mol. The van der Waals surface area contributed by atoms with Gasteiger partial charge in [0.2, 0.25) is 0 Å². The summed E-state index contributed by atoms with van der Waals surface area (Å²) in [5, 5.41) is 11.2. The highest BCUT2D eigenvalue weighted by Gasteiger charge is 2.16. The highest BCUT2D eigenvalue weighted by molar-refractivity contribution is 7.11. The number of hydrogen-bond acceptors (Lipinski definition) is 4. The van der Waals surface area contributed by atoms with Gasteiger partial charge in [-0.05, 0) is 47.0 Å². The molecule has 2 N–H and O–H groups in total. The third-order valence-electron chi connectivity index (χ3n) is 4.19. The molecule has 2 aromatic heterocycles. The first-order chi connectivity index (χ1) is 12.4. The van der Waals surface area contributed by atoms with Crippen LogP contribution in [0.2, 0.25) is 0 Å². The fraction of sp³-hybridized carbons (Fsp3) is 0.579. The van der Waals surface area contributed by atoms with Crippen molar-refractivity contribution < 1.29 is 0 Å². The van der Waals surface area contributed by atoms with Gasteiger partial charge >= 0.3 is 0 Å². The first kappa shape index (κ1) is 20.5. The monoisotopic (exact) mass is 376 g/mol. The van der Waals surface area contributed by atoms with Crippen molar-refractivity contribution in [3.05, 3.63) is 39.8 Å². The number of aromatic nitrogens is 2. The van der Waals surface area contributed by atoms with E-state index in [1.165, 1.54) is 15.3 Å². The number of thiophene rings is 1. The van der Waals surface area contributed by atoms with Crippen LogP contribution in [0.3, 0.4) is 0 Å². The van der Waals surface area contributed by atoms with Crippen molar-refractivity contribution >= 4 is 17.3 Å². The molecule has 0 aromatic carbocycles. The topological polar surface area (TPSA) is 57.5 Å². The predicted octanol–water partition coefficient (Wildman–Crippen LogP) is 2.58. The fourth-order valence-electron chi connectivity index (χ4n) is 2.86. The fourth-order valence-corrected chi connectivity index (χ4v) is 3.88. The number of aryl methyl sites for hydroxylation is 2. The summed E-state index contributed by atoms with van der Waals surface area (Å²) < 4.78 is 1.84. The number of guanidine groups is 1. The molecule has 0 aliphatic heterocycles. The highest BCUT2D eigenvalue weighted by atomic mass is 32.1. The van der Waals surface area contributed by atoms with E-state index in [4.69, 9.17) is 4.99 Å². The second-order valence-corrected chi connectivity index (χ2v) is 8.28. The predicted molar refractivity (Wildman–Crippen MR) is 111 cm³/mol. The van der Waals surface area contributed by atoms with Crippen molar-refractivity contribution in [3.63, 3.8) is 0 Å². The molecule has 0 fully saturated rings. The van der Waals surface area contributed by atoms with E-state index in [-0.39, 0.29) is 6.04 Å². The van der Waals surface area contributed by atoms with Gasteiger partial charge in [-0.1, -0.05) is 0 Å². The molecule has 2 aromatic rings. The standard InChI is InChI=1S/C19H32N6S/c1-7-20-19(23-14(2)10-17-9-8-15(3)26-17)21-12-18(24(4)5)16-11-22-25(6)13-16/h8-9,11,13-14,18H,7,10,12H2,1-6H3,(H2,20,21,23). The summed E-state index contributed by atoms with van der Waals surface area (Å²) in [6.07, 6.45) is 4.98. The van der Waals surface area contributed by atoms with E-state index in [1.54, 1.807) is 0 Å². The first-order valence-electron chi connectivity index (χ1n) is 9.14. The number of nitrogens with one attached hydrogen (secondary N) is 2. The Kier molecular flexibility index (Phi) is 7.66. The summed E-state index contributed by atoms with van der Waals surface area (Å²) in [5.74, 6) is 0.865. The van der Waals surface area contributed by atoms with Crippen LogP contribution in [-0.4, -0.2) is 53.9 Å². The van der Waals surface area contributed by atoms with Crippen molar-refractivity contribution in [2.75, 3.05) is 27.2 Å². The average molecular weight is 377 g/mol. The van der Waals surface area contributed by atoms with Crippen molar-refractivity contribution in [2.24, 2.45) is 12.0 Å². The molecule has 2 rings (SSSR count). The molecule has 0 saturated carbocycles. The van der Waals surface area contributed by atoms with E-state index >= 15 is 0 Å². The van der Waals surface area contributed by atoms with Crippen LogP contribution in [-0.2, 0) is 13.5 Å². The zero-order chi connectivity index (χ0) is 19.1. The Morgan fingerprint density at radius 3 is 2.69 bits per heavy atom. The summed E-state index contributed by atoms with van der Waals surface area (Å²) in [6, 6.07) is 4.92. The molecule has 7 heteroatoms. The van der Waals surface area contributed by atoms with Gasteiger partial charge in [-0.2, -0.15) is 5.10 Å². The van der Waals surface area contributed by atoms with Gasteiger partial charge in [-0.3, -0.25) is 9.67 Å². The van der Waals surface area contributed by atoms with Crippen LogP contribution in [0.1, 0.15) is 35.2 Å². The van der Waals surface area contributed by atoms with E-state index in [9.17, 15) is 0 Å². The summed E-state index contributed by atoms with van der Waals surface area (Å²) in [7, 11) is 6.10. The summed E-state index contributed by atoms with van der Waals surface area (Å²) in [5.41, 5.74) is 1.18. The molecular formula is C19H32N6S. The zero-order valence-electron chi connectivity index (χ0n) is 16.8. The van der Waals surface area contributed by atoms with Crippen molar-refractivity contribution in [2.45, 2.75) is 39.3 Å². The van der Waals surface area contributed by atoms with Crippen LogP contribution < -0.4 is 10.6 Å². The van der Waals surface area contributed by atoms with Gasteiger partial charge in [0.1, 0.15) is 0 Å². The molecule has 2 heterocycles. The minimum Gasteiger partial charge on any atom is -0.357 e. The van der Waals surface area contributed by atoms with Gasteiger partial charge < -0.3 is 15.5 Å². The van der Waals surface area contributed by atoms with Gasteiger partial charge in [0.15, 0.2) is 5.96 Å². The van der Waals surface area contributed by atoms with E-state index in [0.717, 1.165) is 18.9 Å². The molecule has 2 atom stereocenters. The summed E-state index contributed by atoms with van der Waals surface area (Å²) >= 11 is 1.86. The molecule has 0 bridgehead atoms. The molecule has 2 unspecified atom stereocenters. The van der Waals surface area contributed by atoms with Crippen molar-refractivity contribution in [1.29, 1.82) is 0 Å². The van der Waals surface area contributed by atoms with E-state index < -0.39 is 0 Å². The molecule has 0 saturated heterocycles. The van der Waals surface area contributed by atoms with Crippen molar-refractivity contribution in [1.82, 2.24) is 25.3 Å². The van der Waals surface area contributed by atoms with Crippen molar-refractivity contribution in [3.8, 4) is 0 Å². The normalized spacial score (nSPS) is 14.5. The minimum absolute atomic E-state index is 0.203.